The van der Waals surface area contributed by atoms with Crippen molar-refractivity contribution in [1.29, 1.82) is 0 Å². The molecule has 2 aromatic heterocycles. The van der Waals surface area contributed by atoms with E-state index in [4.69, 9.17) is 4.74 Å². The van der Waals surface area contributed by atoms with Crippen LogP contribution in [-0.2, 0) is 16.6 Å². The molecule has 0 radical (unpaired) electrons. The van der Waals surface area contributed by atoms with Crippen molar-refractivity contribution in [2.75, 3.05) is 32.8 Å². The van der Waals surface area contributed by atoms with Crippen molar-refractivity contribution in [3.63, 3.8) is 0 Å². The van der Waals surface area contributed by atoms with Gasteiger partial charge in [-0.25, -0.2) is 0 Å². The average molecular weight is 391 g/mol. The van der Waals surface area contributed by atoms with Gasteiger partial charge < -0.3 is 20.1 Å². The smallest absolute Gasteiger partial charge is 0.228 e. The van der Waals surface area contributed by atoms with Crippen LogP contribution in [0.15, 0.2) is 29.9 Å². The Hall–Kier alpha value is -1.74. The van der Waals surface area contributed by atoms with E-state index >= 15 is 0 Å². The first kappa shape index (κ1) is 18.6. The summed E-state index contributed by atoms with van der Waals surface area (Å²) >= 11 is 1.54. The molecule has 0 saturated carbocycles. The molecule has 2 aliphatic heterocycles. The number of carbonyl (C=O) groups is 1. The van der Waals surface area contributed by atoms with Gasteiger partial charge in [0.25, 0.3) is 0 Å². The Balaban J connectivity index is 1.48. The molecule has 8 heteroatoms. The van der Waals surface area contributed by atoms with Gasteiger partial charge in [-0.05, 0) is 17.0 Å². The SMILES string of the molecule is Cn1cc([C@H]2CNC[C@@H]2C(=O)N2CCOCC2CC(O)c2cccs2)cn1. The highest BCUT2D eigenvalue weighted by Crippen LogP contribution is 2.32. The lowest BCUT2D eigenvalue weighted by molar-refractivity contribution is -0.145. The molecule has 2 aromatic rings. The third kappa shape index (κ3) is 3.94. The Bertz CT molecular complexity index is 763. The fourth-order valence-corrected chi connectivity index (χ4v) is 4.85. The van der Waals surface area contributed by atoms with Crippen LogP contribution < -0.4 is 5.32 Å². The van der Waals surface area contributed by atoms with Gasteiger partial charge in [0.05, 0.1) is 37.5 Å². The topological polar surface area (TPSA) is 79.6 Å². The van der Waals surface area contributed by atoms with Crippen LogP contribution in [0.5, 0.6) is 0 Å². The van der Waals surface area contributed by atoms with E-state index < -0.39 is 6.10 Å². The summed E-state index contributed by atoms with van der Waals surface area (Å²) in [5, 5.41) is 20.1. The fraction of sp³-hybridized carbons (Fsp3) is 0.579. The van der Waals surface area contributed by atoms with Gasteiger partial charge in [0.1, 0.15) is 0 Å². The van der Waals surface area contributed by atoms with Crippen LogP contribution in [0.4, 0.5) is 0 Å². The minimum absolute atomic E-state index is 0.0986. The first-order valence-corrected chi connectivity index (χ1v) is 10.3. The van der Waals surface area contributed by atoms with Crippen LogP contribution in [0, 0.1) is 5.92 Å². The summed E-state index contributed by atoms with van der Waals surface area (Å²) in [6.07, 6.45) is 3.79. The highest BCUT2D eigenvalue weighted by molar-refractivity contribution is 7.10. The van der Waals surface area contributed by atoms with Crippen molar-refractivity contribution in [3.05, 3.63) is 40.3 Å². The van der Waals surface area contributed by atoms with Crippen molar-refractivity contribution in [1.82, 2.24) is 20.0 Å². The number of ether oxygens (including phenoxy) is 1. The predicted octanol–water partition coefficient (Wildman–Crippen LogP) is 1.14. The zero-order valence-corrected chi connectivity index (χ0v) is 16.3. The Labute approximate surface area is 162 Å². The largest absolute Gasteiger partial charge is 0.387 e. The number of aliphatic hydroxyl groups is 1. The molecule has 0 bridgehead atoms. The van der Waals surface area contributed by atoms with Gasteiger partial charge in [-0.15, -0.1) is 11.3 Å². The van der Waals surface area contributed by atoms with Crippen molar-refractivity contribution >= 4 is 17.2 Å². The molecule has 27 heavy (non-hydrogen) atoms. The van der Waals surface area contributed by atoms with E-state index in [9.17, 15) is 9.90 Å². The Morgan fingerprint density at radius 3 is 3.15 bits per heavy atom. The highest BCUT2D eigenvalue weighted by atomic mass is 32.1. The maximum absolute atomic E-state index is 13.4. The maximum Gasteiger partial charge on any atom is 0.228 e. The van der Waals surface area contributed by atoms with E-state index in [-0.39, 0.29) is 23.8 Å². The second-order valence-corrected chi connectivity index (χ2v) is 8.33. The van der Waals surface area contributed by atoms with E-state index in [0.717, 1.165) is 17.0 Å². The van der Waals surface area contributed by atoms with Gasteiger partial charge in [0.15, 0.2) is 0 Å². The van der Waals surface area contributed by atoms with E-state index in [2.05, 4.69) is 10.4 Å². The second kappa shape index (κ2) is 8.10. The molecule has 1 amide bonds. The number of hydrogen-bond donors (Lipinski definition) is 2. The molecule has 4 heterocycles. The molecule has 2 N–H and O–H groups in total. The normalized spacial score (nSPS) is 27.0. The van der Waals surface area contributed by atoms with Crippen LogP contribution in [0.1, 0.15) is 28.9 Å². The third-order valence-electron chi connectivity index (χ3n) is 5.56. The van der Waals surface area contributed by atoms with Gasteiger partial charge >= 0.3 is 0 Å². The summed E-state index contributed by atoms with van der Waals surface area (Å²) in [6.45, 7) is 3.07. The number of nitrogens with one attached hydrogen (secondary N) is 1. The minimum atomic E-state index is -0.567. The summed E-state index contributed by atoms with van der Waals surface area (Å²) < 4.78 is 7.41. The number of morpholine rings is 1. The molecule has 2 saturated heterocycles. The van der Waals surface area contributed by atoms with Gasteiger partial charge in [-0.3, -0.25) is 9.48 Å². The average Bonchev–Trinajstić information content (AvgIpc) is 3.42. The molecule has 7 nitrogen and oxygen atoms in total. The summed E-state index contributed by atoms with van der Waals surface area (Å²) in [5.41, 5.74) is 1.10. The standard InChI is InChI=1S/C19H26N4O3S/c1-22-11-13(8-21-22)15-9-20-10-16(15)19(25)23-4-5-26-12-14(23)7-17(24)18-3-2-6-27-18/h2-3,6,8,11,14-17,20,24H,4-5,7,9-10,12H2,1H3/t14?,15-,16+,17?/m1/s1. The Morgan fingerprint density at radius 1 is 1.52 bits per heavy atom. The number of aryl methyl sites for hydroxylation is 1. The van der Waals surface area contributed by atoms with Gasteiger partial charge in [0.2, 0.25) is 5.91 Å². The predicted molar refractivity (Wildman–Crippen MR) is 103 cm³/mol. The van der Waals surface area contributed by atoms with Crippen molar-refractivity contribution < 1.29 is 14.6 Å². The minimum Gasteiger partial charge on any atom is -0.387 e. The number of amides is 1. The van der Waals surface area contributed by atoms with Gasteiger partial charge in [-0.1, -0.05) is 6.07 Å². The Kier molecular flexibility index (Phi) is 5.58. The first-order valence-electron chi connectivity index (χ1n) is 9.42. The van der Waals surface area contributed by atoms with Crippen LogP contribution in [0.3, 0.4) is 0 Å². The summed E-state index contributed by atoms with van der Waals surface area (Å²) in [5.74, 6) is 0.186. The van der Waals surface area contributed by atoms with E-state index in [1.807, 2.05) is 41.9 Å². The Morgan fingerprint density at radius 2 is 2.41 bits per heavy atom. The van der Waals surface area contributed by atoms with Crippen molar-refractivity contribution in [2.45, 2.75) is 24.5 Å². The zero-order valence-electron chi connectivity index (χ0n) is 15.5. The molecule has 4 atom stereocenters. The second-order valence-electron chi connectivity index (χ2n) is 7.35. The molecule has 2 unspecified atom stereocenters. The molecule has 2 fully saturated rings. The third-order valence-corrected chi connectivity index (χ3v) is 6.54. The lowest BCUT2D eigenvalue weighted by Gasteiger charge is -2.38. The molecule has 2 aliphatic rings. The summed E-state index contributed by atoms with van der Waals surface area (Å²) in [7, 11) is 1.90. The highest BCUT2D eigenvalue weighted by Gasteiger charge is 2.40. The summed E-state index contributed by atoms with van der Waals surface area (Å²) in [4.78, 5) is 16.3. The number of thiophene rings is 1. The lowest BCUT2D eigenvalue weighted by Crippen LogP contribution is -2.52. The molecule has 0 spiro atoms. The molecule has 146 valence electrons. The molecule has 0 aromatic carbocycles. The van der Waals surface area contributed by atoms with Crippen LogP contribution in [0.2, 0.25) is 0 Å². The number of hydrogen-bond acceptors (Lipinski definition) is 6. The zero-order chi connectivity index (χ0) is 18.8. The number of aromatic nitrogens is 2. The molecule has 0 aliphatic carbocycles. The van der Waals surface area contributed by atoms with E-state index in [1.54, 1.807) is 16.0 Å². The fourth-order valence-electron chi connectivity index (χ4n) is 4.13. The molecular weight excluding hydrogens is 364 g/mol. The molecular formula is C19H26N4O3S. The van der Waals surface area contributed by atoms with Crippen LogP contribution >= 0.6 is 11.3 Å². The monoisotopic (exact) mass is 390 g/mol. The van der Waals surface area contributed by atoms with Crippen LogP contribution in [-0.4, -0.2) is 64.6 Å². The number of rotatable bonds is 5. The summed E-state index contributed by atoms with van der Waals surface area (Å²) in [6, 6.07) is 3.77. The van der Waals surface area contributed by atoms with Gasteiger partial charge in [-0.2, -0.15) is 5.10 Å². The van der Waals surface area contributed by atoms with Gasteiger partial charge in [0, 0.05) is 50.1 Å². The molecule has 4 rings (SSSR count). The van der Waals surface area contributed by atoms with Crippen LogP contribution in [0.25, 0.3) is 0 Å². The first-order chi connectivity index (χ1) is 13.1. The number of nitrogens with zero attached hydrogens (tertiary/aromatic N) is 3. The quantitative estimate of drug-likeness (QED) is 0.800. The van der Waals surface area contributed by atoms with E-state index in [0.29, 0.717) is 32.7 Å². The number of aliphatic hydroxyl groups excluding tert-OH is 1. The maximum atomic E-state index is 13.4. The van der Waals surface area contributed by atoms with Crippen molar-refractivity contribution in [2.24, 2.45) is 13.0 Å². The van der Waals surface area contributed by atoms with E-state index in [1.165, 1.54) is 0 Å². The number of carbonyl (C=O) groups excluding carboxylic acids is 1. The van der Waals surface area contributed by atoms with Crippen molar-refractivity contribution in [3.8, 4) is 0 Å². The lowest BCUT2D eigenvalue weighted by atomic mass is 9.89.